The molecule has 0 saturated carbocycles. The summed E-state index contributed by atoms with van der Waals surface area (Å²) in [6, 6.07) is 11.8. The zero-order valence-corrected chi connectivity index (χ0v) is 20.2. The van der Waals surface area contributed by atoms with Crippen molar-refractivity contribution in [2.75, 3.05) is 29.0 Å². The topological polar surface area (TPSA) is 105 Å². The Hall–Kier alpha value is -2.62. The zero-order valence-electron chi connectivity index (χ0n) is 18.6. The molecule has 0 radical (unpaired) electrons. The van der Waals surface area contributed by atoms with Crippen LogP contribution in [0.4, 0.5) is 11.4 Å². The second-order valence-corrected chi connectivity index (χ2v) is 10.1. The number of hydrogen-bond donors (Lipinski definition) is 2. The van der Waals surface area contributed by atoms with Crippen molar-refractivity contribution in [3.05, 3.63) is 59.1 Å². The van der Waals surface area contributed by atoms with Crippen LogP contribution >= 0.6 is 11.6 Å². The van der Waals surface area contributed by atoms with Crippen molar-refractivity contribution in [3.8, 4) is 0 Å². The Morgan fingerprint density at radius 3 is 2.48 bits per heavy atom. The molecule has 8 nitrogen and oxygen atoms in total. The van der Waals surface area contributed by atoms with Gasteiger partial charge in [0.15, 0.2) is 0 Å². The van der Waals surface area contributed by atoms with Crippen LogP contribution in [0.25, 0.3) is 0 Å². The number of ether oxygens (including phenoxy) is 1. The van der Waals surface area contributed by atoms with E-state index >= 15 is 0 Å². The van der Waals surface area contributed by atoms with Gasteiger partial charge in [0.05, 0.1) is 29.3 Å². The lowest BCUT2D eigenvalue weighted by Crippen LogP contribution is -2.47. The molecule has 0 aromatic heterocycles. The fourth-order valence-electron chi connectivity index (χ4n) is 3.76. The van der Waals surface area contributed by atoms with E-state index in [2.05, 4.69) is 10.6 Å². The number of carbonyl (C=O) groups excluding carboxylic acids is 2. The van der Waals surface area contributed by atoms with Gasteiger partial charge in [-0.2, -0.15) is 0 Å². The number of nitrogens with one attached hydrogen (secondary N) is 2. The van der Waals surface area contributed by atoms with Crippen LogP contribution in [-0.4, -0.2) is 51.8 Å². The first-order chi connectivity index (χ1) is 15.7. The summed E-state index contributed by atoms with van der Waals surface area (Å²) in [7, 11) is -3.79. The Morgan fingerprint density at radius 1 is 1.18 bits per heavy atom. The van der Waals surface area contributed by atoms with Crippen LogP contribution in [0.2, 0.25) is 5.02 Å². The van der Waals surface area contributed by atoms with E-state index in [1.165, 1.54) is 0 Å². The van der Waals surface area contributed by atoms with Crippen molar-refractivity contribution in [3.63, 3.8) is 0 Å². The monoisotopic (exact) mass is 493 g/mol. The van der Waals surface area contributed by atoms with Gasteiger partial charge in [0.25, 0.3) is 5.91 Å². The van der Waals surface area contributed by atoms with Crippen LogP contribution in [0.3, 0.4) is 0 Å². The van der Waals surface area contributed by atoms with Gasteiger partial charge in [0.1, 0.15) is 6.04 Å². The standard InChI is InChI=1S/C23H28ClN3O5S/c1-3-21(27(33(2,30)31)17-12-10-16(24)11-13-17)23(29)26-20-9-5-4-8-19(20)22(28)25-15-18-7-6-14-32-18/h4-5,8-13,18,21H,3,6-7,14-15H2,1-2H3,(H,25,28)(H,26,29)/t18-,21-/m1/s1. The van der Waals surface area contributed by atoms with Gasteiger partial charge in [0, 0.05) is 18.2 Å². The van der Waals surface area contributed by atoms with E-state index in [9.17, 15) is 18.0 Å². The zero-order chi connectivity index (χ0) is 24.0. The largest absolute Gasteiger partial charge is 0.376 e. The summed E-state index contributed by atoms with van der Waals surface area (Å²) >= 11 is 5.94. The summed E-state index contributed by atoms with van der Waals surface area (Å²) in [5.41, 5.74) is 0.915. The number of halogens is 1. The van der Waals surface area contributed by atoms with Gasteiger partial charge in [-0.3, -0.25) is 13.9 Å². The first kappa shape index (κ1) is 25.0. The Morgan fingerprint density at radius 2 is 1.88 bits per heavy atom. The molecule has 1 fully saturated rings. The fraction of sp³-hybridized carbons (Fsp3) is 0.391. The molecule has 10 heteroatoms. The van der Waals surface area contributed by atoms with Crippen LogP contribution in [-0.2, 0) is 19.6 Å². The SMILES string of the molecule is CC[C@H](C(=O)Nc1ccccc1C(=O)NC[C@H]1CCCO1)N(c1ccc(Cl)cc1)S(C)(=O)=O. The van der Waals surface area contributed by atoms with Gasteiger partial charge in [-0.05, 0) is 55.7 Å². The number of para-hydroxylation sites is 1. The van der Waals surface area contributed by atoms with Crippen molar-refractivity contribution in [1.29, 1.82) is 0 Å². The Bertz CT molecular complexity index is 1090. The Balaban J connectivity index is 1.81. The molecule has 0 bridgehead atoms. The Labute approximate surface area is 199 Å². The van der Waals surface area contributed by atoms with Gasteiger partial charge in [0.2, 0.25) is 15.9 Å². The third-order valence-corrected chi connectivity index (χ3v) is 6.79. The summed E-state index contributed by atoms with van der Waals surface area (Å²) < 4.78 is 31.8. The molecule has 2 amide bonds. The minimum absolute atomic E-state index is 0.0112. The van der Waals surface area contributed by atoms with Crippen molar-refractivity contribution >= 4 is 44.8 Å². The quantitative estimate of drug-likeness (QED) is 0.556. The maximum atomic E-state index is 13.2. The molecule has 1 heterocycles. The molecule has 1 saturated heterocycles. The molecule has 2 aromatic rings. The average molecular weight is 494 g/mol. The lowest BCUT2D eigenvalue weighted by atomic mass is 10.1. The summed E-state index contributed by atoms with van der Waals surface area (Å²) in [6.45, 7) is 2.80. The predicted octanol–water partition coefficient (Wildman–Crippen LogP) is 3.43. The van der Waals surface area contributed by atoms with Crippen LogP contribution < -0.4 is 14.9 Å². The first-order valence-corrected chi connectivity index (χ1v) is 13.0. The molecule has 1 aliphatic heterocycles. The van der Waals surface area contributed by atoms with Crippen molar-refractivity contribution in [2.24, 2.45) is 0 Å². The number of nitrogens with zero attached hydrogens (tertiary/aromatic N) is 1. The van der Waals surface area contributed by atoms with Crippen LogP contribution in [0.5, 0.6) is 0 Å². The highest BCUT2D eigenvalue weighted by molar-refractivity contribution is 7.92. The van der Waals surface area contributed by atoms with E-state index in [4.69, 9.17) is 16.3 Å². The predicted molar refractivity (Wildman–Crippen MR) is 129 cm³/mol. The van der Waals surface area contributed by atoms with Gasteiger partial charge in [-0.15, -0.1) is 0 Å². The molecule has 0 unspecified atom stereocenters. The number of anilines is 2. The van der Waals surface area contributed by atoms with E-state index in [0.29, 0.717) is 29.5 Å². The molecule has 178 valence electrons. The lowest BCUT2D eigenvalue weighted by molar-refractivity contribution is -0.117. The number of hydrogen-bond acceptors (Lipinski definition) is 5. The normalized spacial score (nSPS) is 16.8. The van der Waals surface area contributed by atoms with Gasteiger partial charge in [-0.25, -0.2) is 8.42 Å². The molecular formula is C23H28ClN3O5S. The van der Waals surface area contributed by atoms with E-state index in [1.807, 2.05) is 0 Å². The minimum Gasteiger partial charge on any atom is -0.376 e. The van der Waals surface area contributed by atoms with Crippen LogP contribution in [0.15, 0.2) is 48.5 Å². The third-order valence-electron chi connectivity index (χ3n) is 5.35. The summed E-state index contributed by atoms with van der Waals surface area (Å²) in [5.74, 6) is -0.885. The van der Waals surface area contributed by atoms with Crippen molar-refractivity contribution < 1.29 is 22.7 Å². The molecule has 1 aliphatic rings. The van der Waals surface area contributed by atoms with E-state index in [1.54, 1.807) is 55.5 Å². The summed E-state index contributed by atoms with van der Waals surface area (Å²) in [6.07, 6.45) is 3.11. The van der Waals surface area contributed by atoms with Gasteiger partial charge < -0.3 is 15.4 Å². The number of carbonyl (C=O) groups is 2. The van der Waals surface area contributed by atoms with E-state index in [0.717, 1.165) is 23.4 Å². The molecule has 3 rings (SSSR count). The molecule has 2 atom stereocenters. The summed E-state index contributed by atoms with van der Waals surface area (Å²) in [5, 5.41) is 6.03. The highest BCUT2D eigenvalue weighted by Gasteiger charge is 2.32. The number of benzene rings is 2. The highest BCUT2D eigenvalue weighted by Crippen LogP contribution is 2.25. The van der Waals surface area contributed by atoms with Crippen molar-refractivity contribution in [1.82, 2.24) is 5.32 Å². The van der Waals surface area contributed by atoms with Gasteiger partial charge in [-0.1, -0.05) is 30.7 Å². The van der Waals surface area contributed by atoms with Crippen LogP contribution in [0.1, 0.15) is 36.5 Å². The molecule has 2 N–H and O–H groups in total. The molecule has 0 spiro atoms. The Kier molecular flexibility index (Phi) is 8.34. The van der Waals surface area contributed by atoms with Crippen LogP contribution in [0, 0.1) is 0 Å². The molecular weight excluding hydrogens is 466 g/mol. The smallest absolute Gasteiger partial charge is 0.253 e. The fourth-order valence-corrected chi connectivity index (χ4v) is 5.10. The maximum absolute atomic E-state index is 13.2. The van der Waals surface area contributed by atoms with E-state index < -0.39 is 22.0 Å². The average Bonchev–Trinajstić information content (AvgIpc) is 3.30. The number of rotatable bonds is 9. The number of sulfonamides is 1. The first-order valence-electron chi connectivity index (χ1n) is 10.8. The van der Waals surface area contributed by atoms with Crippen molar-refractivity contribution in [2.45, 2.75) is 38.3 Å². The lowest BCUT2D eigenvalue weighted by Gasteiger charge is -2.30. The second kappa shape index (κ2) is 11.0. The minimum atomic E-state index is -3.79. The van der Waals surface area contributed by atoms with E-state index in [-0.39, 0.29) is 24.0 Å². The molecule has 2 aromatic carbocycles. The molecule has 33 heavy (non-hydrogen) atoms. The summed E-state index contributed by atoms with van der Waals surface area (Å²) in [4.78, 5) is 26.0. The van der Waals surface area contributed by atoms with Gasteiger partial charge >= 0.3 is 0 Å². The highest BCUT2D eigenvalue weighted by atomic mass is 35.5. The second-order valence-electron chi connectivity index (χ2n) is 7.84. The third kappa shape index (κ3) is 6.46. The molecule has 0 aliphatic carbocycles. The number of amides is 2. The maximum Gasteiger partial charge on any atom is 0.253 e.